The van der Waals surface area contributed by atoms with Crippen LogP contribution in [0.25, 0.3) is 11.4 Å². The van der Waals surface area contributed by atoms with Crippen LogP contribution in [-0.4, -0.2) is 26.2 Å². The fourth-order valence-corrected chi connectivity index (χ4v) is 2.12. The molecule has 0 spiro atoms. The second-order valence-electron chi connectivity index (χ2n) is 5.18. The predicted octanol–water partition coefficient (Wildman–Crippen LogP) is 2.78. The van der Waals surface area contributed by atoms with Crippen LogP contribution in [0.15, 0.2) is 36.7 Å². The normalized spacial score (nSPS) is 10.5. The number of benzene rings is 1. The van der Waals surface area contributed by atoms with Crippen LogP contribution >= 0.6 is 0 Å². The van der Waals surface area contributed by atoms with Gasteiger partial charge in [-0.3, -0.25) is 10.1 Å². The molecule has 0 saturated heterocycles. The highest BCUT2D eigenvalue weighted by molar-refractivity contribution is 5.90. The first kappa shape index (κ1) is 16.5. The molecule has 3 N–H and O–H groups in total. The summed E-state index contributed by atoms with van der Waals surface area (Å²) in [5.41, 5.74) is 1.00. The van der Waals surface area contributed by atoms with Gasteiger partial charge in [-0.15, -0.1) is 0 Å². The fourth-order valence-electron chi connectivity index (χ4n) is 2.12. The van der Waals surface area contributed by atoms with E-state index in [-0.39, 0.29) is 17.8 Å². The summed E-state index contributed by atoms with van der Waals surface area (Å²) < 4.78 is 26.6. The van der Waals surface area contributed by atoms with E-state index in [1.54, 1.807) is 24.5 Å². The number of nitrogens with one attached hydrogen (secondary N) is 3. The summed E-state index contributed by atoms with van der Waals surface area (Å²) in [5.74, 6) is -1.02. The van der Waals surface area contributed by atoms with Crippen molar-refractivity contribution in [3.05, 3.63) is 59.7 Å². The monoisotopic (exact) mass is 344 g/mol. The van der Waals surface area contributed by atoms with Crippen LogP contribution in [0, 0.1) is 18.6 Å². The molecule has 1 aromatic carbocycles. The number of hydrogen-bond acceptors (Lipinski definition) is 4. The maximum atomic E-state index is 13.5. The minimum atomic E-state index is -0.991. The lowest BCUT2D eigenvalue weighted by atomic mass is 10.2. The van der Waals surface area contributed by atoms with Gasteiger partial charge in [-0.1, -0.05) is 0 Å². The molecule has 0 fully saturated rings. The number of pyridine rings is 1. The number of hydrogen-bond donors (Lipinski definition) is 3. The van der Waals surface area contributed by atoms with Crippen LogP contribution in [0.5, 0.6) is 0 Å². The van der Waals surface area contributed by atoms with Gasteiger partial charge in [0.2, 0.25) is 0 Å². The van der Waals surface area contributed by atoms with E-state index in [0.29, 0.717) is 11.6 Å². The van der Waals surface area contributed by atoms with E-state index in [1.807, 2.05) is 0 Å². The lowest BCUT2D eigenvalue weighted by Gasteiger charge is -2.10. The van der Waals surface area contributed by atoms with Gasteiger partial charge in [0.1, 0.15) is 5.82 Å². The standard InChI is InChI=1S/C16H14F2N6O/c1-9-12(3-2-11(17)14(9)18)21-16(25)20-8-13-22-15(24-23-13)10-4-6-19-7-5-10/h2-7H,8H2,1H3,(H2,20,21,25)(H,22,23,24). The Morgan fingerprint density at radius 2 is 1.96 bits per heavy atom. The van der Waals surface area contributed by atoms with Gasteiger partial charge in [-0.05, 0) is 31.2 Å². The quantitative estimate of drug-likeness (QED) is 0.678. The van der Waals surface area contributed by atoms with Crippen molar-refractivity contribution in [2.45, 2.75) is 13.5 Å². The van der Waals surface area contributed by atoms with Crippen LogP contribution in [0.1, 0.15) is 11.4 Å². The molecule has 9 heteroatoms. The number of carbonyl (C=O) groups is 1. The number of amides is 2. The molecule has 0 unspecified atom stereocenters. The molecule has 25 heavy (non-hydrogen) atoms. The van der Waals surface area contributed by atoms with Crippen molar-refractivity contribution in [1.82, 2.24) is 25.5 Å². The Bertz CT molecular complexity index is 897. The van der Waals surface area contributed by atoms with E-state index in [1.165, 1.54) is 13.0 Å². The number of urea groups is 1. The van der Waals surface area contributed by atoms with E-state index in [2.05, 4.69) is 30.8 Å². The highest BCUT2D eigenvalue weighted by atomic mass is 19.2. The molecule has 0 radical (unpaired) electrons. The first-order valence-electron chi connectivity index (χ1n) is 7.35. The van der Waals surface area contributed by atoms with Gasteiger partial charge in [0.25, 0.3) is 0 Å². The molecule has 0 bridgehead atoms. The predicted molar refractivity (Wildman–Crippen MR) is 86.6 cm³/mol. The van der Waals surface area contributed by atoms with E-state index in [0.717, 1.165) is 11.6 Å². The van der Waals surface area contributed by atoms with Crippen molar-refractivity contribution >= 4 is 11.7 Å². The highest BCUT2D eigenvalue weighted by Crippen LogP contribution is 2.20. The molecule has 2 aromatic heterocycles. The summed E-state index contributed by atoms with van der Waals surface area (Å²) in [6.45, 7) is 1.47. The zero-order chi connectivity index (χ0) is 17.8. The third-order valence-electron chi connectivity index (χ3n) is 3.47. The molecule has 0 aliphatic heterocycles. The molecule has 0 aliphatic carbocycles. The molecule has 2 heterocycles. The van der Waals surface area contributed by atoms with Crippen LogP contribution < -0.4 is 10.6 Å². The average molecular weight is 344 g/mol. The minimum Gasteiger partial charge on any atom is -0.331 e. The molecule has 2 amide bonds. The third kappa shape index (κ3) is 3.77. The summed E-state index contributed by atoms with van der Waals surface area (Å²) in [6.07, 6.45) is 3.25. The van der Waals surface area contributed by atoms with Crippen molar-refractivity contribution in [1.29, 1.82) is 0 Å². The van der Waals surface area contributed by atoms with Gasteiger partial charge in [0, 0.05) is 29.2 Å². The molecular formula is C16H14F2N6O. The zero-order valence-corrected chi connectivity index (χ0v) is 13.2. The number of carbonyl (C=O) groups excluding carboxylic acids is 1. The Morgan fingerprint density at radius 3 is 2.72 bits per heavy atom. The molecule has 0 atom stereocenters. The van der Waals surface area contributed by atoms with Crippen LogP contribution in [0.2, 0.25) is 0 Å². The number of aromatic amines is 1. The van der Waals surface area contributed by atoms with Crippen molar-refractivity contribution in [2.75, 3.05) is 5.32 Å². The van der Waals surface area contributed by atoms with Crippen molar-refractivity contribution in [3.8, 4) is 11.4 Å². The molecule has 0 aliphatic rings. The summed E-state index contributed by atoms with van der Waals surface area (Å²) in [4.78, 5) is 20.1. The number of anilines is 1. The Balaban J connectivity index is 1.60. The number of rotatable bonds is 4. The summed E-state index contributed by atoms with van der Waals surface area (Å²) in [7, 11) is 0. The Morgan fingerprint density at radius 1 is 1.20 bits per heavy atom. The SMILES string of the molecule is Cc1c(NC(=O)NCc2nc(-c3ccncc3)n[nH]2)ccc(F)c1F. The lowest BCUT2D eigenvalue weighted by molar-refractivity contribution is 0.251. The van der Waals surface area contributed by atoms with Gasteiger partial charge in [0.05, 0.1) is 6.54 Å². The zero-order valence-electron chi connectivity index (χ0n) is 13.2. The van der Waals surface area contributed by atoms with Gasteiger partial charge in [-0.2, -0.15) is 5.10 Å². The lowest BCUT2D eigenvalue weighted by Crippen LogP contribution is -2.29. The van der Waals surface area contributed by atoms with Gasteiger partial charge >= 0.3 is 6.03 Å². The Labute approximate surface area is 141 Å². The highest BCUT2D eigenvalue weighted by Gasteiger charge is 2.12. The number of halogens is 2. The largest absolute Gasteiger partial charge is 0.331 e. The van der Waals surface area contributed by atoms with E-state index in [9.17, 15) is 13.6 Å². The third-order valence-corrected chi connectivity index (χ3v) is 3.47. The van der Waals surface area contributed by atoms with Crippen LogP contribution in [0.4, 0.5) is 19.3 Å². The average Bonchev–Trinajstić information content (AvgIpc) is 3.10. The number of aromatic nitrogens is 4. The fraction of sp³-hybridized carbons (Fsp3) is 0.125. The summed E-state index contributed by atoms with van der Waals surface area (Å²) >= 11 is 0. The maximum absolute atomic E-state index is 13.5. The molecule has 128 valence electrons. The molecule has 0 saturated carbocycles. The first-order valence-corrected chi connectivity index (χ1v) is 7.35. The van der Waals surface area contributed by atoms with E-state index in [4.69, 9.17) is 0 Å². The van der Waals surface area contributed by atoms with Gasteiger partial charge in [-0.25, -0.2) is 18.6 Å². The molecule has 7 nitrogen and oxygen atoms in total. The molecule has 3 aromatic rings. The first-order chi connectivity index (χ1) is 12.0. The number of nitrogens with zero attached hydrogens (tertiary/aromatic N) is 3. The summed E-state index contributed by atoms with van der Waals surface area (Å²) in [5, 5.41) is 11.8. The van der Waals surface area contributed by atoms with E-state index >= 15 is 0 Å². The smallest absolute Gasteiger partial charge is 0.319 e. The Hall–Kier alpha value is -3.36. The number of H-pyrrole nitrogens is 1. The minimum absolute atomic E-state index is 0.0230. The van der Waals surface area contributed by atoms with Crippen molar-refractivity contribution < 1.29 is 13.6 Å². The van der Waals surface area contributed by atoms with Crippen molar-refractivity contribution in [3.63, 3.8) is 0 Å². The summed E-state index contributed by atoms with van der Waals surface area (Å²) in [6, 6.07) is 5.20. The van der Waals surface area contributed by atoms with Crippen molar-refractivity contribution in [2.24, 2.45) is 0 Å². The van der Waals surface area contributed by atoms with Crippen LogP contribution in [0.3, 0.4) is 0 Å². The van der Waals surface area contributed by atoms with Gasteiger partial charge in [0.15, 0.2) is 17.5 Å². The maximum Gasteiger partial charge on any atom is 0.319 e. The topological polar surface area (TPSA) is 95.6 Å². The van der Waals surface area contributed by atoms with Crippen LogP contribution in [-0.2, 0) is 6.54 Å². The molecule has 3 rings (SSSR count). The Kier molecular flexibility index (Phi) is 4.64. The van der Waals surface area contributed by atoms with E-state index < -0.39 is 17.7 Å². The molecular weight excluding hydrogens is 330 g/mol. The second kappa shape index (κ2) is 7.04. The second-order valence-corrected chi connectivity index (χ2v) is 5.18. The van der Waals surface area contributed by atoms with Gasteiger partial charge < -0.3 is 10.6 Å².